The van der Waals surface area contributed by atoms with Crippen molar-refractivity contribution in [3.05, 3.63) is 11.8 Å². The maximum Gasteiger partial charge on any atom is 0.237 e. The van der Waals surface area contributed by atoms with Crippen LogP contribution >= 0.6 is 0 Å². The summed E-state index contributed by atoms with van der Waals surface area (Å²) in [5, 5.41) is 8.04. The van der Waals surface area contributed by atoms with E-state index in [1.54, 1.807) is 0 Å². The minimum atomic E-state index is 0.0859. The first kappa shape index (κ1) is 12.0. The van der Waals surface area contributed by atoms with Gasteiger partial charge in [-0.2, -0.15) is 0 Å². The van der Waals surface area contributed by atoms with Gasteiger partial charge in [0.15, 0.2) is 0 Å². The number of nitrogens with zero attached hydrogens (tertiary/aromatic N) is 2. The van der Waals surface area contributed by atoms with E-state index in [1.165, 1.54) is 6.42 Å². The number of hydrogen-bond acceptors (Lipinski definition) is 4. The molecule has 2 aliphatic rings. The van der Waals surface area contributed by atoms with Crippen LogP contribution in [0.3, 0.4) is 0 Å². The molecule has 1 N–H and O–H groups in total. The average Bonchev–Trinajstić information content (AvgIpc) is 2.81. The molecule has 0 saturated carbocycles. The molecule has 5 heteroatoms. The second-order valence-corrected chi connectivity index (χ2v) is 5.07. The molecule has 1 aromatic rings. The van der Waals surface area contributed by atoms with Gasteiger partial charge in [0, 0.05) is 18.8 Å². The smallest absolute Gasteiger partial charge is 0.237 e. The second kappa shape index (κ2) is 5.28. The van der Waals surface area contributed by atoms with Gasteiger partial charge in [0.25, 0.3) is 0 Å². The molecule has 3 rings (SSSR count). The molecule has 1 fully saturated rings. The second-order valence-electron chi connectivity index (χ2n) is 5.07. The van der Waals surface area contributed by atoms with Crippen molar-refractivity contribution in [3.8, 4) is 5.88 Å². The number of fused-ring (bicyclic) bond motifs is 1. The third-order valence-corrected chi connectivity index (χ3v) is 3.65. The summed E-state index contributed by atoms with van der Waals surface area (Å²) in [5.74, 6) is 0.767. The van der Waals surface area contributed by atoms with Crippen LogP contribution in [0.15, 0.2) is 6.20 Å². The Hall–Kier alpha value is -1.07. The zero-order valence-electron chi connectivity index (χ0n) is 10.9. The summed E-state index contributed by atoms with van der Waals surface area (Å²) >= 11 is 0. The van der Waals surface area contributed by atoms with Gasteiger partial charge < -0.3 is 14.8 Å². The summed E-state index contributed by atoms with van der Waals surface area (Å²) in [5.41, 5.74) is 1.14. The Morgan fingerprint density at radius 1 is 1.33 bits per heavy atom. The van der Waals surface area contributed by atoms with Gasteiger partial charge in [0.05, 0.1) is 12.2 Å². The highest BCUT2D eigenvalue weighted by Crippen LogP contribution is 2.29. The molecule has 0 bridgehead atoms. The van der Waals surface area contributed by atoms with Gasteiger partial charge in [-0.25, -0.2) is 4.68 Å². The van der Waals surface area contributed by atoms with Gasteiger partial charge in [-0.3, -0.25) is 0 Å². The van der Waals surface area contributed by atoms with E-state index in [1.807, 2.05) is 4.68 Å². The molecule has 1 aromatic heterocycles. The van der Waals surface area contributed by atoms with Crippen LogP contribution in [0.1, 0.15) is 50.4 Å². The van der Waals surface area contributed by atoms with E-state index in [0.29, 0.717) is 0 Å². The number of ether oxygens (including phenoxy) is 2. The molecule has 100 valence electrons. The van der Waals surface area contributed by atoms with Crippen LogP contribution in [-0.2, 0) is 4.74 Å². The fourth-order valence-electron chi connectivity index (χ4n) is 2.55. The summed E-state index contributed by atoms with van der Waals surface area (Å²) in [7, 11) is 0. The van der Waals surface area contributed by atoms with E-state index >= 15 is 0 Å². The standard InChI is InChI=1S/C13H21N3O2/c1-10-11-9-16(12-5-2-3-7-17-12)15-13(11)18-8-4-6-14-10/h9-10,12,14H,2-8H2,1H3. The van der Waals surface area contributed by atoms with Crippen LogP contribution in [0.25, 0.3) is 0 Å². The third-order valence-electron chi connectivity index (χ3n) is 3.65. The molecule has 0 radical (unpaired) electrons. The Morgan fingerprint density at radius 3 is 3.11 bits per heavy atom. The number of rotatable bonds is 1. The summed E-state index contributed by atoms with van der Waals surface area (Å²) in [6.45, 7) is 4.71. The van der Waals surface area contributed by atoms with Crippen molar-refractivity contribution in [1.29, 1.82) is 0 Å². The van der Waals surface area contributed by atoms with Crippen molar-refractivity contribution in [2.45, 2.75) is 44.9 Å². The van der Waals surface area contributed by atoms with Crippen molar-refractivity contribution in [3.63, 3.8) is 0 Å². The fraction of sp³-hybridized carbons (Fsp3) is 0.769. The SMILES string of the molecule is CC1NCCCOc2nn(C3CCCCO3)cc21. The van der Waals surface area contributed by atoms with Crippen LogP contribution in [0.4, 0.5) is 0 Å². The van der Waals surface area contributed by atoms with E-state index in [-0.39, 0.29) is 12.3 Å². The van der Waals surface area contributed by atoms with Gasteiger partial charge in [-0.15, -0.1) is 5.10 Å². The molecule has 2 unspecified atom stereocenters. The van der Waals surface area contributed by atoms with Crippen molar-refractivity contribution in [2.75, 3.05) is 19.8 Å². The summed E-state index contributed by atoms with van der Waals surface area (Å²) in [6.07, 6.45) is 6.60. The highest BCUT2D eigenvalue weighted by Gasteiger charge is 2.23. The number of aromatic nitrogens is 2. The normalized spacial score (nSPS) is 28.9. The van der Waals surface area contributed by atoms with Crippen LogP contribution < -0.4 is 10.1 Å². The van der Waals surface area contributed by atoms with Crippen LogP contribution in [0.5, 0.6) is 5.88 Å². The van der Waals surface area contributed by atoms with Gasteiger partial charge in [-0.1, -0.05) is 0 Å². The van der Waals surface area contributed by atoms with Crippen LogP contribution in [0.2, 0.25) is 0 Å². The maximum absolute atomic E-state index is 5.76. The molecule has 0 aromatic carbocycles. The van der Waals surface area contributed by atoms with Crippen LogP contribution in [0, 0.1) is 0 Å². The van der Waals surface area contributed by atoms with Crippen molar-refractivity contribution < 1.29 is 9.47 Å². The summed E-state index contributed by atoms with van der Waals surface area (Å²) in [4.78, 5) is 0. The zero-order valence-corrected chi connectivity index (χ0v) is 10.9. The third kappa shape index (κ3) is 2.37. The Bertz CT molecular complexity index is 399. The molecule has 2 atom stereocenters. The van der Waals surface area contributed by atoms with Gasteiger partial charge in [-0.05, 0) is 39.2 Å². The molecule has 2 aliphatic heterocycles. The minimum absolute atomic E-state index is 0.0859. The molecule has 0 spiro atoms. The summed E-state index contributed by atoms with van der Waals surface area (Å²) < 4.78 is 13.4. The quantitative estimate of drug-likeness (QED) is 0.829. The molecule has 0 aliphatic carbocycles. The van der Waals surface area contributed by atoms with Crippen molar-refractivity contribution in [2.24, 2.45) is 0 Å². The Kier molecular flexibility index (Phi) is 3.52. The summed E-state index contributed by atoms with van der Waals surface area (Å²) in [6, 6.07) is 0.289. The van der Waals surface area contributed by atoms with Gasteiger partial charge in [0.2, 0.25) is 5.88 Å². The monoisotopic (exact) mass is 251 g/mol. The van der Waals surface area contributed by atoms with E-state index in [0.717, 1.165) is 50.5 Å². The first-order valence-corrected chi connectivity index (χ1v) is 6.91. The van der Waals surface area contributed by atoms with Gasteiger partial charge >= 0.3 is 0 Å². The zero-order chi connectivity index (χ0) is 12.4. The Labute approximate surface area is 107 Å². The van der Waals surface area contributed by atoms with Crippen LogP contribution in [-0.4, -0.2) is 29.5 Å². The number of nitrogens with one attached hydrogen (secondary N) is 1. The molecular formula is C13H21N3O2. The van der Waals surface area contributed by atoms with Crippen molar-refractivity contribution >= 4 is 0 Å². The molecule has 1 saturated heterocycles. The highest BCUT2D eigenvalue weighted by molar-refractivity contribution is 5.27. The van der Waals surface area contributed by atoms with Crippen molar-refractivity contribution in [1.82, 2.24) is 15.1 Å². The predicted octanol–water partition coefficient (Wildman–Crippen LogP) is 2.02. The average molecular weight is 251 g/mol. The topological polar surface area (TPSA) is 48.3 Å². The maximum atomic E-state index is 5.76. The van der Waals surface area contributed by atoms with E-state index in [9.17, 15) is 0 Å². The van der Waals surface area contributed by atoms with E-state index < -0.39 is 0 Å². The first-order valence-electron chi connectivity index (χ1n) is 6.91. The molecule has 18 heavy (non-hydrogen) atoms. The minimum Gasteiger partial charge on any atom is -0.476 e. The van der Waals surface area contributed by atoms with E-state index in [2.05, 4.69) is 23.5 Å². The lowest BCUT2D eigenvalue weighted by Gasteiger charge is -2.22. The fourth-order valence-corrected chi connectivity index (χ4v) is 2.55. The van der Waals surface area contributed by atoms with E-state index in [4.69, 9.17) is 9.47 Å². The molecule has 5 nitrogen and oxygen atoms in total. The lowest BCUT2D eigenvalue weighted by molar-refractivity contribution is -0.0400. The molecule has 0 amide bonds. The lowest BCUT2D eigenvalue weighted by Crippen LogP contribution is -2.24. The first-order chi connectivity index (χ1) is 8.84. The Balaban J connectivity index is 1.84. The van der Waals surface area contributed by atoms with Gasteiger partial charge in [0.1, 0.15) is 6.23 Å². The number of hydrogen-bond donors (Lipinski definition) is 1. The largest absolute Gasteiger partial charge is 0.476 e. The lowest BCUT2D eigenvalue weighted by atomic mass is 10.1. The predicted molar refractivity (Wildman–Crippen MR) is 67.6 cm³/mol. The molecule has 3 heterocycles. The highest BCUT2D eigenvalue weighted by atomic mass is 16.5. The Morgan fingerprint density at radius 2 is 2.28 bits per heavy atom. The molecular weight excluding hydrogens is 230 g/mol.